The van der Waals surface area contributed by atoms with E-state index in [1.807, 2.05) is 139 Å². The summed E-state index contributed by atoms with van der Waals surface area (Å²) in [5.74, 6) is 0.597. The van der Waals surface area contributed by atoms with Gasteiger partial charge in [0.05, 0.1) is 94.5 Å². The molecule has 11 N–H and O–H groups in total. The number of fused-ring (bicyclic) bond motifs is 5. The van der Waals surface area contributed by atoms with E-state index in [-0.39, 0.29) is 29.8 Å². The van der Waals surface area contributed by atoms with E-state index in [1.165, 1.54) is 30.6 Å². The normalized spacial score (nSPS) is 13.6. The molecule has 39 heteroatoms. The van der Waals surface area contributed by atoms with E-state index in [0.29, 0.717) is 86.1 Å². The third kappa shape index (κ3) is 24.4. The molecule has 4 aliphatic rings. The second kappa shape index (κ2) is 47.2. The average Bonchev–Trinajstić information content (AvgIpc) is 1.71. The number of nitrogens with zero attached hydrogens (tertiary/aromatic N) is 18. The van der Waals surface area contributed by atoms with Crippen LogP contribution in [-0.4, -0.2) is 231 Å². The number of unbranched alkanes of at least 4 members (excludes halogenated alkanes) is 3. The number of hydrogen-bond donors (Lipinski definition) is 11. The van der Waals surface area contributed by atoms with Crippen molar-refractivity contribution in [3.63, 3.8) is 0 Å². The fourth-order valence-corrected chi connectivity index (χ4v) is 17.5. The number of hydroxylamine groups is 3. The molecule has 4 fully saturated rings. The van der Waals surface area contributed by atoms with Crippen LogP contribution in [0.1, 0.15) is 73.5 Å². The van der Waals surface area contributed by atoms with Crippen LogP contribution in [0.4, 0.5) is 74.5 Å². The molecule has 9 aromatic heterocycles. The first-order chi connectivity index (χ1) is 72.2. The highest BCUT2D eigenvalue weighted by Crippen LogP contribution is 2.35. The van der Waals surface area contributed by atoms with Crippen molar-refractivity contribution in [2.45, 2.75) is 38.6 Å². The summed E-state index contributed by atoms with van der Waals surface area (Å²) in [5.41, 5.74) is 26.0. The van der Waals surface area contributed by atoms with Crippen molar-refractivity contribution in [3.8, 4) is 45.0 Å². The zero-order chi connectivity index (χ0) is 101. The number of nitrogens with one attached hydrogen (secondary N) is 8. The van der Waals surface area contributed by atoms with Gasteiger partial charge >= 0.3 is 0 Å². The number of aryl methyl sites for hydroxylation is 1. The van der Waals surface area contributed by atoms with Crippen LogP contribution in [0.25, 0.3) is 78.5 Å². The maximum atomic E-state index is 13.0. The standard InChI is InChI=1S/C31H35N7O3.C30H27N7O4.C24H24N6O3.C23H22N6O3/c39-22-27(40)5-3-1-2-4-13-38-29-19-23(6-7-24(29)20-33-38)28-21-37-14-12-32-31(37)30(35-28)34-25-8-10-26(11-9-25)36-15-17-41-18-16-36;38-29(33-24-6-4-20(5-7-24)30(39)35-40)22-3-1-2-21(18-22)26-19-37-13-12-31-28(37)27(34-26)32-23-8-10-25(11-9-23)36-14-16-41-17-15-36;1-32-28-24(31)18-4-2-3-17(15-18)21-16-30-10-9-25-23(30)22(27-21)26-19-5-7-20(8-6-19)29-11-13-33-14-12-29;30-23(27-31)17-3-1-2-16(14-17)20-15-29-9-8-24-22(29)21(26-20)25-18-4-6-19(7-5-18)28-10-12-32-13-11-28/h6-12,14,19-21,39H,1-5,13,15-18,22H2,(H,34,35);1-13,18-19,40H,14-17H2,(H,32,34)(H,33,38)(H,35,39);2-10,15-16H,11-14H2,1H3,(H,26,27)(H,28,31);1-9,14-15,31H,10-13H2,(H,25,26)(H,27,30). The van der Waals surface area contributed by atoms with Gasteiger partial charge < -0.3 is 87.8 Å². The Kier molecular flexibility index (Phi) is 31.6. The molecule has 0 aliphatic carbocycles. The largest absolute Gasteiger partial charge is 0.389 e. The Morgan fingerprint density at radius 2 is 0.694 bits per heavy atom. The molecule has 18 aromatic rings. The van der Waals surface area contributed by atoms with E-state index >= 15 is 0 Å². The molecule has 0 spiro atoms. The van der Waals surface area contributed by atoms with Crippen LogP contribution in [0.2, 0.25) is 0 Å². The number of ether oxygens (including phenoxy) is 4. The Hall–Kier alpha value is -17.4. The highest BCUT2D eigenvalue weighted by molar-refractivity contribution is 6.05. The van der Waals surface area contributed by atoms with E-state index < -0.39 is 11.8 Å². The van der Waals surface area contributed by atoms with Crippen molar-refractivity contribution >= 4 is 137 Å². The number of anilines is 13. The highest BCUT2D eigenvalue weighted by atomic mass is 16.6. The van der Waals surface area contributed by atoms with Gasteiger partial charge in [-0.25, -0.2) is 56.3 Å². The molecule has 4 aliphatic heterocycles. The lowest BCUT2D eigenvalue weighted by molar-refractivity contribution is -0.121. The molecule has 9 aromatic carbocycles. The smallest absolute Gasteiger partial charge is 0.274 e. The van der Waals surface area contributed by atoms with Crippen LogP contribution in [0.5, 0.6) is 0 Å². The summed E-state index contributed by atoms with van der Waals surface area (Å²) in [6.45, 7) is 13.6. The van der Waals surface area contributed by atoms with E-state index in [4.69, 9.17) is 59.2 Å². The Labute approximate surface area is 843 Å². The average molecular weight is 1980 g/mol. The zero-order valence-corrected chi connectivity index (χ0v) is 80.5. The van der Waals surface area contributed by atoms with Crippen LogP contribution in [0, 0.1) is 0 Å². The van der Waals surface area contributed by atoms with Gasteiger partial charge in [0.15, 0.2) is 51.6 Å². The molecule has 748 valence electrons. The molecule has 147 heavy (non-hydrogen) atoms. The fourth-order valence-electron chi connectivity index (χ4n) is 17.5. The number of morpholine rings is 4. The summed E-state index contributed by atoms with van der Waals surface area (Å²) < 4.78 is 31.5. The summed E-state index contributed by atoms with van der Waals surface area (Å²) in [6.07, 6.45) is 28.2. The van der Waals surface area contributed by atoms with Gasteiger partial charge in [-0.1, -0.05) is 61.4 Å². The number of hydrogen-bond acceptors (Lipinski definition) is 30. The first-order valence-corrected chi connectivity index (χ1v) is 48.3. The summed E-state index contributed by atoms with van der Waals surface area (Å²) in [4.78, 5) is 111. The Morgan fingerprint density at radius 3 is 1.05 bits per heavy atom. The van der Waals surface area contributed by atoms with E-state index in [2.05, 4.69) is 156 Å². The maximum Gasteiger partial charge on any atom is 0.274 e. The van der Waals surface area contributed by atoms with E-state index in [9.17, 15) is 24.0 Å². The van der Waals surface area contributed by atoms with Crippen molar-refractivity contribution in [1.82, 2.24) is 83.7 Å². The SMILES string of the molecule is CONC(=O)c1cccc(-c2cn3ccnc3c(Nc3ccc(N4CCOCC4)cc3)n2)c1.O=C(CO)CCCCCCn1ncc2ccc(-c3cn4ccnc4c(Nc4ccc(N5CCOCC5)cc4)n3)cc21.O=C(NO)c1ccc(NC(=O)c2cccc(-c3cn4ccnc4c(Nc4ccc(N5CCOCC5)cc4)n3)c2)cc1.O=C(NO)c1cccc(-c2cn3ccnc3c(Nc3ccc(N4CCOCC4)cc3)n2)c1. The molecule has 4 amide bonds. The molecular formula is C108H108N26O13. The summed E-state index contributed by atoms with van der Waals surface area (Å²) in [6, 6.07) is 66.9. The molecule has 0 unspecified atom stereocenters. The van der Waals surface area contributed by atoms with Crippen LogP contribution >= 0.6 is 0 Å². The van der Waals surface area contributed by atoms with Crippen molar-refractivity contribution in [1.29, 1.82) is 0 Å². The third-order valence-corrected chi connectivity index (χ3v) is 25.3. The number of ketones is 1. The van der Waals surface area contributed by atoms with Crippen molar-refractivity contribution in [2.24, 2.45) is 0 Å². The van der Waals surface area contributed by atoms with Gasteiger partial charge in [0.2, 0.25) is 0 Å². The van der Waals surface area contributed by atoms with Crippen LogP contribution in [0.3, 0.4) is 0 Å². The predicted octanol–water partition coefficient (Wildman–Crippen LogP) is 15.5. The number of rotatable bonds is 30. The zero-order valence-electron chi connectivity index (χ0n) is 80.5. The van der Waals surface area contributed by atoms with Crippen LogP contribution < -0.4 is 62.6 Å². The monoisotopic (exact) mass is 1980 g/mol. The summed E-state index contributed by atoms with van der Waals surface area (Å²) in [7, 11) is 1.40. The maximum absolute atomic E-state index is 13.0. The van der Waals surface area contributed by atoms with Crippen molar-refractivity contribution in [2.75, 3.05) is 165 Å². The highest BCUT2D eigenvalue weighted by Gasteiger charge is 2.23. The number of benzene rings is 9. The Balaban J connectivity index is 0.000000124. The Bertz CT molecular complexity index is 7610. The van der Waals surface area contributed by atoms with Gasteiger partial charge in [-0.3, -0.25) is 43.9 Å². The van der Waals surface area contributed by atoms with Crippen molar-refractivity contribution in [3.05, 3.63) is 315 Å². The number of amides is 4. The van der Waals surface area contributed by atoms with Gasteiger partial charge in [-0.2, -0.15) is 5.10 Å². The van der Waals surface area contributed by atoms with Crippen LogP contribution in [0.15, 0.2) is 293 Å². The van der Waals surface area contributed by atoms with Gasteiger partial charge in [0.25, 0.3) is 23.6 Å². The topological polar surface area (TPSA) is 440 Å². The molecule has 0 bridgehead atoms. The minimum absolute atomic E-state index is 0.0851. The molecule has 39 nitrogen and oxygen atoms in total. The number of carbonyl (C=O) groups excluding carboxylic acids is 5. The van der Waals surface area contributed by atoms with Gasteiger partial charge in [-0.15, -0.1) is 0 Å². The van der Waals surface area contributed by atoms with Gasteiger partial charge in [-0.05, 0) is 177 Å². The first-order valence-electron chi connectivity index (χ1n) is 48.3. The number of aliphatic hydroxyl groups excluding tert-OH is 1. The fraction of sp³-hybridized carbons (Fsp3) is 0.222. The van der Waals surface area contributed by atoms with Crippen molar-refractivity contribution < 1.29 is 63.3 Å². The molecule has 22 rings (SSSR count). The first kappa shape index (κ1) is 98.3. The number of imidazole rings is 4. The number of aliphatic hydroxyl groups is 1. The lowest BCUT2D eigenvalue weighted by Gasteiger charge is -2.28. The van der Waals surface area contributed by atoms with Gasteiger partial charge in [0, 0.05) is 241 Å². The molecule has 0 radical (unpaired) electrons. The second-order valence-corrected chi connectivity index (χ2v) is 34.9. The lowest BCUT2D eigenvalue weighted by atomic mass is 10.1. The number of aromatic nitrogens is 14. The second-order valence-electron chi connectivity index (χ2n) is 34.9. The van der Waals surface area contributed by atoms with E-state index in [1.54, 1.807) is 96.4 Å². The summed E-state index contributed by atoms with van der Waals surface area (Å²) in [5, 5.41) is 48.7. The lowest BCUT2D eigenvalue weighted by Crippen LogP contribution is -2.36. The number of Topliss-reactive ketones (excluding diaryl/α,β-unsaturated/α-hetero) is 1. The molecular weight excluding hydrogens is 1870 g/mol. The third-order valence-electron chi connectivity index (χ3n) is 25.3. The van der Waals surface area contributed by atoms with E-state index in [0.717, 1.165) is 216 Å². The van der Waals surface area contributed by atoms with Crippen LogP contribution in [-0.2, 0) is 35.1 Å². The molecule has 0 atom stereocenters. The Morgan fingerprint density at radius 1 is 0.361 bits per heavy atom. The van der Waals surface area contributed by atoms with Gasteiger partial charge in [0.1, 0.15) is 6.61 Å². The quantitative estimate of drug-likeness (QED) is 0.0113. The minimum atomic E-state index is -0.628. The molecule has 4 saturated heterocycles. The number of carbonyl (C=O) groups is 5. The predicted molar refractivity (Wildman–Crippen MR) is 561 cm³/mol. The molecule has 13 heterocycles. The molecule has 0 saturated carbocycles. The minimum Gasteiger partial charge on any atom is -0.389 e. The summed E-state index contributed by atoms with van der Waals surface area (Å²) >= 11 is 0.